The van der Waals surface area contributed by atoms with E-state index in [2.05, 4.69) is 9.62 Å². The molecule has 0 saturated heterocycles. The van der Waals surface area contributed by atoms with Gasteiger partial charge in [-0.05, 0) is 45.5 Å². The Morgan fingerprint density at radius 3 is 2.52 bits per heavy atom. The summed E-state index contributed by atoms with van der Waals surface area (Å²) in [5.74, 6) is 0.365. The molecule has 0 radical (unpaired) electrons. The fraction of sp³-hybridized carbons (Fsp3) is 0.571. The normalized spacial score (nSPS) is 17.5. The molecule has 1 aromatic rings. The van der Waals surface area contributed by atoms with Gasteiger partial charge in [0.15, 0.2) is 0 Å². The van der Waals surface area contributed by atoms with Crippen molar-refractivity contribution in [2.45, 2.75) is 29.7 Å². The first-order valence-electron chi connectivity index (χ1n) is 6.91. The van der Waals surface area contributed by atoms with Crippen molar-refractivity contribution in [3.8, 4) is 5.75 Å². The molecule has 0 amide bonds. The van der Waals surface area contributed by atoms with Gasteiger partial charge < -0.3 is 15.4 Å². The molecule has 1 aliphatic carbocycles. The van der Waals surface area contributed by atoms with Crippen molar-refractivity contribution in [2.75, 3.05) is 33.5 Å². The van der Waals surface area contributed by atoms with Crippen LogP contribution in [0.2, 0.25) is 0 Å². The van der Waals surface area contributed by atoms with Crippen molar-refractivity contribution in [3.05, 3.63) is 18.2 Å². The van der Waals surface area contributed by atoms with E-state index in [0.29, 0.717) is 18.0 Å². The molecule has 0 bridgehead atoms. The largest absolute Gasteiger partial charge is 0.495 e. The minimum atomic E-state index is -3.56. The van der Waals surface area contributed by atoms with Crippen molar-refractivity contribution in [3.63, 3.8) is 0 Å². The van der Waals surface area contributed by atoms with E-state index in [1.807, 2.05) is 14.1 Å². The molecule has 118 valence electrons. The Hall–Kier alpha value is -1.31. The molecule has 2 rings (SSSR count). The molecular formula is C14H23N3O3S. The van der Waals surface area contributed by atoms with Crippen LogP contribution in [0.15, 0.2) is 23.1 Å². The number of benzene rings is 1. The molecule has 0 aromatic heterocycles. The number of nitrogen functional groups attached to an aromatic ring is 1. The molecule has 0 unspecified atom stereocenters. The SMILES string of the molecule is COc1cc(S(=O)(=O)NCC2(N(C)C)CCC2)ccc1N. The van der Waals surface area contributed by atoms with Crippen LogP contribution in [0, 0.1) is 0 Å². The summed E-state index contributed by atoms with van der Waals surface area (Å²) in [4.78, 5) is 2.27. The molecule has 6 nitrogen and oxygen atoms in total. The van der Waals surface area contributed by atoms with Crippen LogP contribution in [0.3, 0.4) is 0 Å². The molecule has 21 heavy (non-hydrogen) atoms. The Balaban J connectivity index is 2.15. The number of rotatable bonds is 6. The third kappa shape index (κ3) is 3.14. The van der Waals surface area contributed by atoms with Gasteiger partial charge >= 0.3 is 0 Å². The quantitative estimate of drug-likeness (QED) is 0.767. The molecular weight excluding hydrogens is 290 g/mol. The molecule has 0 heterocycles. The van der Waals surface area contributed by atoms with Crippen LogP contribution in [0.5, 0.6) is 5.75 Å². The van der Waals surface area contributed by atoms with E-state index in [1.54, 1.807) is 6.07 Å². The summed E-state index contributed by atoms with van der Waals surface area (Å²) in [7, 11) is 1.87. The number of hydrogen-bond donors (Lipinski definition) is 2. The third-order valence-corrected chi connectivity index (χ3v) is 5.74. The van der Waals surface area contributed by atoms with Crippen LogP contribution in [0.25, 0.3) is 0 Å². The Morgan fingerprint density at radius 2 is 2.05 bits per heavy atom. The van der Waals surface area contributed by atoms with Crippen LogP contribution in [0.4, 0.5) is 5.69 Å². The first kappa shape index (κ1) is 16.1. The Morgan fingerprint density at radius 1 is 1.38 bits per heavy atom. The van der Waals surface area contributed by atoms with Crippen LogP contribution >= 0.6 is 0 Å². The number of sulfonamides is 1. The number of ether oxygens (including phenoxy) is 1. The number of nitrogens with two attached hydrogens (primary N) is 1. The molecule has 1 aromatic carbocycles. The molecule has 3 N–H and O–H groups in total. The van der Waals surface area contributed by atoms with Crippen molar-refractivity contribution in [1.82, 2.24) is 9.62 Å². The van der Waals surface area contributed by atoms with Gasteiger partial charge in [0.1, 0.15) is 5.75 Å². The second-order valence-electron chi connectivity index (χ2n) is 5.70. The summed E-state index contributed by atoms with van der Waals surface area (Å²) in [6.07, 6.45) is 3.15. The molecule has 1 aliphatic rings. The summed E-state index contributed by atoms with van der Waals surface area (Å²) in [5, 5.41) is 0. The van der Waals surface area contributed by atoms with Crippen molar-refractivity contribution in [2.24, 2.45) is 0 Å². The average Bonchev–Trinajstić information content (AvgIpc) is 2.37. The highest BCUT2D eigenvalue weighted by Gasteiger charge is 2.39. The number of nitrogens with zero attached hydrogens (tertiary/aromatic N) is 1. The fourth-order valence-corrected chi connectivity index (χ4v) is 3.67. The standard InChI is InChI=1S/C14H23N3O3S/c1-17(2)14(7-4-8-14)10-16-21(18,19)11-5-6-12(15)13(9-11)20-3/h5-6,9,16H,4,7-8,10,15H2,1-3H3. The zero-order chi connectivity index (χ0) is 15.7. The van der Waals surface area contributed by atoms with Crippen molar-refractivity contribution < 1.29 is 13.2 Å². The minimum absolute atomic E-state index is 0.0645. The number of nitrogens with one attached hydrogen (secondary N) is 1. The molecule has 0 spiro atoms. The zero-order valence-electron chi connectivity index (χ0n) is 12.7. The zero-order valence-corrected chi connectivity index (χ0v) is 13.5. The first-order valence-corrected chi connectivity index (χ1v) is 8.40. The number of likely N-dealkylation sites (N-methyl/N-ethyl adjacent to an activating group) is 1. The van der Waals surface area contributed by atoms with Gasteiger partial charge in [-0.1, -0.05) is 0 Å². The highest BCUT2D eigenvalue weighted by atomic mass is 32.2. The monoisotopic (exact) mass is 313 g/mol. The predicted molar refractivity (Wildman–Crippen MR) is 82.9 cm³/mol. The van der Waals surface area contributed by atoms with Gasteiger partial charge in [-0.15, -0.1) is 0 Å². The average molecular weight is 313 g/mol. The lowest BCUT2D eigenvalue weighted by molar-refractivity contribution is 0.0657. The molecule has 1 saturated carbocycles. The van der Waals surface area contributed by atoms with Crippen molar-refractivity contribution >= 4 is 15.7 Å². The highest BCUT2D eigenvalue weighted by Crippen LogP contribution is 2.35. The fourth-order valence-electron chi connectivity index (χ4n) is 2.54. The smallest absolute Gasteiger partial charge is 0.240 e. The Labute approximate surface area is 126 Å². The van der Waals surface area contributed by atoms with Crippen LogP contribution in [-0.4, -0.2) is 46.6 Å². The maximum absolute atomic E-state index is 12.4. The van der Waals surface area contributed by atoms with E-state index in [1.165, 1.54) is 19.2 Å². The van der Waals surface area contributed by atoms with Crippen LogP contribution in [-0.2, 0) is 10.0 Å². The number of hydrogen-bond acceptors (Lipinski definition) is 5. The molecule has 1 fully saturated rings. The van der Waals surface area contributed by atoms with Gasteiger partial charge in [0.25, 0.3) is 0 Å². The summed E-state index contributed by atoms with van der Waals surface area (Å²) in [6.45, 7) is 0.412. The maximum atomic E-state index is 12.4. The Bertz CT molecular complexity index is 610. The minimum Gasteiger partial charge on any atom is -0.495 e. The molecule has 0 atom stereocenters. The molecule has 0 aliphatic heterocycles. The lowest BCUT2D eigenvalue weighted by Gasteiger charge is -2.47. The second-order valence-corrected chi connectivity index (χ2v) is 7.47. The summed E-state index contributed by atoms with van der Waals surface area (Å²) >= 11 is 0. The summed E-state index contributed by atoms with van der Waals surface area (Å²) < 4.78 is 32.6. The lowest BCUT2D eigenvalue weighted by Crippen LogP contribution is -2.57. The topological polar surface area (TPSA) is 84.7 Å². The van der Waals surface area contributed by atoms with Crippen molar-refractivity contribution in [1.29, 1.82) is 0 Å². The Kier molecular flexibility index (Phi) is 4.46. The summed E-state index contributed by atoms with van der Waals surface area (Å²) in [5.41, 5.74) is 6.06. The van der Waals surface area contributed by atoms with Crippen LogP contribution in [0.1, 0.15) is 19.3 Å². The predicted octanol–water partition coefficient (Wildman–Crippen LogP) is 1.04. The maximum Gasteiger partial charge on any atom is 0.240 e. The summed E-state index contributed by atoms with van der Waals surface area (Å²) in [6, 6.07) is 4.47. The first-order chi connectivity index (χ1) is 9.81. The van der Waals surface area contributed by atoms with Gasteiger partial charge in [-0.25, -0.2) is 13.1 Å². The van der Waals surface area contributed by atoms with Gasteiger partial charge in [0.2, 0.25) is 10.0 Å². The van der Waals surface area contributed by atoms with E-state index < -0.39 is 10.0 Å². The van der Waals surface area contributed by atoms with Gasteiger partial charge in [-0.2, -0.15) is 0 Å². The van der Waals surface area contributed by atoms with E-state index in [0.717, 1.165) is 19.3 Å². The van der Waals surface area contributed by atoms with Gasteiger partial charge in [0.05, 0.1) is 17.7 Å². The van der Waals surface area contributed by atoms with E-state index >= 15 is 0 Å². The highest BCUT2D eigenvalue weighted by molar-refractivity contribution is 7.89. The van der Waals surface area contributed by atoms with E-state index in [9.17, 15) is 8.42 Å². The van der Waals surface area contributed by atoms with E-state index in [-0.39, 0.29) is 10.4 Å². The van der Waals surface area contributed by atoms with Crippen LogP contribution < -0.4 is 15.2 Å². The van der Waals surface area contributed by atoms with Gasteiger partial charge in [0, 0.05) is 18.2 Å². The number of anilines is 1. The lowest BCUT2D eigenvalue weighted by atomic mass is 9.76. The molecule has 7 heteroatoms. The van der Waals surface area contributed by atoms with E-state index in [4.69, 9.17) is 10.5 Å². The third-order valence-electron chi connectivity index (χ3n) is 4.34. The number of methoxy groups -OCH3 is 1. The second kappa shape index (κ2) is 5.82. The van der Waals surface area contributed by atoms with Gasteiger partial charge in [-0.3, -0.25) is 0 Å².